The maximum absolute atomic E-state index is 12.1. The summed E-state index contributed by atoms with van der Waals surface area (Å²) >= 11 is 2.72. The topological polar surface area (TPSA) is 98.0 Å². The fourth-order valence-electron chi connectivity index (χ4n) is 2.13. The molecule has 2 heterocycles. The summed E-state index contributed by atoms with van der Waals surface area (Å²) < 4.78 is 0.666. The second-order valence-corrected chi connectivity index (χ2v) is 7.21. The predicted molar refractivity (Wildman–Crippen MR) is 90.2 cm³/mol. The minimum absolute atomic E-state index is 0.00906. The summed E-state index contributed by atoms with van der Waals surface area (Å²) in [5.74, 6) is -0.176. The standard InChI is InChI=1S/C14H12N4O3S2/c1-7-11(22-8(2)15-7)6-13(19)17-14-16-10-4-3-9(18(20)21)5-12(10)23-14/h3-5H,6H2,1-2H3,(H,16,17,19). The smallest absolute Gasteiger partial charge is 0.270 e. The lowest BCUT2D eigenvalue weighted by Gasteiger charge is -1.99. The van der Waals surface area contributed by atoms with Crippen molar-refractivity contribution >= 4 is 49.6 Å². The first-order valence-corrected chi connectivity index (χ1v) is 8.33. The van der Waals surface area contributed by atoms with E-state index < -0.39 is 4.92 Å². The van der Waals surface area contributed by atoms with E-state index in [1.807, 2.05) is 13.8 Å². The Kier molecular flexibility index (Phi) is 4.05. The number of nitro groups is 1. The lowest BCUT2D eigenvalue weighted by molar-refractivity contribution is -0.384. The van der Waals surface area contributed by atoms with Crippen molar-refractivity contribution < 1.29 is 9.72 Å². The van der Waals surface area contributed by atoms with Crippen molar-refractivity contribution in [3.8, 4) is 0 Å². The van der Waals surface area contributed by atoms with Crippen molar-refractivity contribution in [2.75, 3.05) is 5.32 Å². The van der Waals surface area contributed by atoms with Crippen molar-refractivity contribution in [2.45, 2.75) is 20.3 Å². The SMILES string of the molecule is Cc1nc(C)c(CC(=O)Nc2nc3ccc([N+](=O)[O-])cc3s2)s1. The molecule has 0 radical (unpaired) electrons. The van der Waals surface area contributed by atoms with Crippen molar-refractivity contribution in [1.82, 2.24) is 9.97 Å². The molecule has 0 aliphatic rings. The number of thiazole rings is 2. The van der Waals surface area contributed by atoms with Crippen molar-refractivity contribution in [2.24, 2.45) is 0 Å². The van der Waals surface area contributed by atoms with Gasteiger partial charge in [0.05, 0.1) is 32.3 Å². The van der Waals surface area contributed by atoms with Gasteiger partial charge in [-0.3, -0.25) is 14.9 Å². The van der Waals surface area contributed by atoms with Gasteiger partial charge >= 0.3 is 0 Å². The highest BCUT2D eigenvalue weighted by atomic mass is 32.1. The van der Waals surface area contributed by atoms with Crippen LogP contribution in [0.5, 0.6) is 0 Å². The summed E-state index contributed by atoms with van der Waals surface area (Å²) in [6, 6.07) is 4.44. The Morgan fingerprint density at radius 3 is 2.74 bits per heavy atom. The highest BCUT2D eigenvalue weighted by Gasteiger charge is 2.14. The number of nitrogens with zero attached hydrogens (tertiary/aromatic N) is 3. The van der Waals surface area contributed by atoms with E-state index in [0.29, 0.717) is 15.3 Å². The Hall–Kier alpha value is -2.39. The average Bonchev–Trinajstić information content (AvgIpc) is 3.00. The summed E-state index contributed by atoms with van der Waals surface area (Å²) in [4.78, 5) is 31.9. The van der Waals surface area contributed by atoms with Gasteiger partial charge < -0.3 is 5.32 Å². The summed E-state index contributed by atoms with van der Waals surface area (Å²) in [7, 11) is 0. The van der Waals surface area contributed by atoms with Crippen LogP contribution in [-0.4, -0.2) is 20.8 Å². The third-order valence-corrected chi connectivity index (χ3v) is 5.16. The molecule has 0 saturated carbocycles. The van der Waals surface area contributed by atoms with Crippen LogP contribution in [0.15, 0.2) is 18.2 Å². The zero-order valence-corrected chi connectivity index (χ0v) is 14.0. The third kappa shape index (κ3) is 3.35. The van der Waals surface area contributed by atoms with Crippen LogP contribution in [0.4, 0.5) is 10.8 Å². The molecular formula is C14H12N4O3S2. The molecule has 0 fully saturated rings. The van der Waals surface area contributed by atoms with Crippen LogP contribution in [0.1, 0.15) is 15.6 Å². The molecule has 1 aromatic carbocycles. The number of non-ortho nitro benzene ring substituents is 1. The van der Waals surface area contributed by atoms with Crippen molar-refractivity contribution in [3.63, 3.8) is 0 Å². The minimum Gasteiger partial charge on any atom is -0.302 e. The van der Waals surface area contributed by atoms with Gasteiger partial charge in [-0.1, -0.05) is 11.3 Å². The first-order chi connectivity index (χ1) is 10.9. The molecule has 23 heavy (non-hydrogen) atoms. The Morgan fingerprint density at radius 2 is 2.09 bits per heavy atom. The zero-order chi connectivity index (χ0) is 16.6. The van der Waals surface area contributed by atoms with Gasteiger partial charge in [0.15, 0.2) is 5.13 Å². The van der Waals surface area contributed by atoms with E-state index in [4.69, 9.17) is 0 Å². The van der Waals surface area contributed by atoms with Gasteiger partial charge in [-0.05, 0) is 19.9 Å². The van der Waals surface area contributed by atoms with Gasteiger partial charge in [-0.2, -0.15) is 0 Å². The lowest BCUT2D eigenvalue weighted by atomic mass is 10.3. The summed E-state index contributed by atoms with van der Waals surface area (Å²) in [6.07, 6.45) is 0.243. The minimum atomic E-state index is -0.452. The number of nitrogens with one attached hydrogen (secondary N) is 1. The third-order valence-electron chi connectivity index (χ3n) is 3.15. The van der Waals surface area contributed by atoms with Gasteiger partial charge in [0.25, 0.3) is 5.69 Å². The summed E-state index contributed by atoms with van der Waals surface area (Å²) in [5, 5.41) is 14.9. The first-order valence-electron chi connectivity index (χ1n) is 6.70. The van der Waals surface area contributed by atoms with Crippen LogP contribution in [0, 0.1) is 24.0 Å². The Bertz CT molecular complexity index is 916. The van der Waals surface area contributed by atoms with Gasteiger partial charge in [-0.25, -0.2) is 9.97 Å². The summed E-state index contributed by atoms with van der Waals surface area (Å²) in [5.41, 5.74) is 1.50. The number of hydrogen-bond acceptors (Lipinski definition) is 7. The predicted octanol–water partition coefficient (Wildman–Crippen LogP) is 3.46. The molecule has 0 spiro atoms. The maximum atomic E-state index is 12.1. The van der Waals surface area contributed by atoms with Crippen molar-refractivity contribution in [1.29, 1.82) is 0 Å². The Labute approximate surface area is 139 Å². The Morgan fingerprint density at radius 1 is 1.30 bits per heavy atom. The van der Waals surface area contributed by atoms with Crippen molar-refractivity contribution in [3.05, 3.63) is 43.9 Å². The number of rotatable bonds is 4. The van der Waals surface area contributed by atoms with Gasteiger partial charge in [0.1, 0.15) is 0 Å². The normalized spacial score (nSPS) is 10.9. The van der Waals surface area contributed by atoms with Gasteiger partial charge in [-0.15, -0.1) is 11.3 Å². The molecule has 0 atom stereocenters. The number of carbonyl (C=O) groups is 1. The highest BCUT2D eigenvalue weighted by Crippen LogP contribution is 2.29. The largest absolute Gasteiger partial charge is 0.302 e. The zero-order valence-electron chi connectivity index (χ0n) is 12.3. The molecule has 0 aliphatic carbocycles. The fourth-order valence-corrected chi connectivity index (χ4v) is 3.98. The molecule has 118 valence electrons. The number of anilines is 1. The first kappa shape index (κ1) is 15.5. The number of aryl methyl sites for hydroxylation is 2. The number of carbonyl (C=O) groups excluding carboxylic acids is 1. The molecule has 7 nitrogen and oxygen atoms in total. The molecule has 1 N–H and O–H groups in total. The molecule has 3 aromatic rings. The molecule has 1 amide bonds. The molecule has 0 aliphatic heterocycles. The van der Waals surface area contributed by atoms with Crippen LogP contribution >= 0.6 is 22.7 Å². The van der Waals surface area contributed by atoms with E-state index in [0.717, 1.165) is 15.6 Å². The lowest BCUT2D eigenvalue weighted by Crippen LogP contribution is -2.13. The van der Waals surface area contributed by atoms with E-state index >= 15 is 0 Å². The van der Waals surface area contributed by atoms with E-state index in [2.05, 4.69) is 15.3 Å². The number of nitro benzene ring substituents is 1. The van der Waals surface area contributed by atoms with E-state index in [-0.39, 0.29) is 18.0 Å². The quantitative estimate of drug-likeness (QED) is 0.575. The van der Waals surface area contributed by atoms with Gasteiger partial charge in [0, 0.05) is 17.0 Å². The van der Waals surface area contributed by atoms with Crippen LogP contribution < -0.4 is 5.32 Å². The molecule has 0 unspecified atom stereocenters. The van der Waals surface area contributed by atoms with Crippen LogP contribution in [0.2, 0.25) is 0 Å². The molecule has 2 aromatic heterocycles. The maximum Gasteiger partial charge on any atom is 0.270 e. The fraction of sp³-hybridized carbons (Fsp3) is 0.214. The highest BCUT2D eigenvalue weighted by molar-refractivity contribution is 7.22. The molecule has 0 saturated heterocycles. The monoisotopic (exact) mass is 348 g/mol. The van der Waals surface area contributed by atoms with Gasteiger partial charge in [0.2, 0.25) is 5.91 Å². The average molecular weight is 348 g/mol. The molecule has 0 bridgehead atoms. The van der Waals surface area contributed by atoms with E-state index in [1.165, 1.54) is 34.8 Å². The molecule has 3 rings (SSSR count). The number of amides is 1. The molecule has 9 heteroatoms. The van der Waals surface area contributed by atoms with Crippen LogP contribution in [0.25, 0.3) is 10.2 Å². The van der Waals surface area contributed by atoms with E-state index in [9.17, 15) is 14.9 Å². The second kappa shape index (κ2) is 6.01. The number of fused-ring (bicyclic) bond motifs is 1. The second-order valence-electron chi connectivity index (χ2n) is 4.89. The number of benzene rings is 1. The number of hydrogen-bond donors (Lipinski definition) is 1. The van der Waals surface area contributed by atoms with Crippen LogP contribution in [-0.2, 0) is 11.2 Å². The number of aromatic nitrogens is 2. The molecular weight excluding hydrogens is 336 g/mol. The van der Waals surface area contributed by atoms with E-state index in [1.54, 1.807) is 6.07 Å². The van der Waals surface area contributed by atoms with Crippen LogP contribution in [0.3, 0.4) is 0 Å². The Balaban J connectivity index is 1.77. The summed E-state index contributed by atoms with van der Waals surface area (Å²) in [6.45, 7) is 3.78.